The van der Waals surface area contributed by atoms with Crippen LogP contribution in [0.1, 0.15) is 12.8 Å². The molecular weight excluding hydrogens is 124 g/mol. The fraction of sp³-hybridized carbons (Fsp3) is 0.375. The second-order valence-corrected chi connectivity index (χ2v) is 2.65. The van der Waals surface area contributed by atoms with Gasteiger partial charge in [0.1, 0.15) is 0 Å². The minimum absolute atomic E-state index is 0.738. The lowest BCUT2D eigenvalue weighted by atomic mass is 10.4. The van der Waals surface area contributed by atoms with Crippen LogP contribution in [0.3, 0.4) is 0 Å². The Kier molecular flexibility index (Phi) is 1.31. The van der Waals surface area contributed by atoms with E-state index < -0.39 is 0 Å². The maximum absolute atomic E-state index is 3.93. The summed E-state index contributed by atoms with van der Waals surface area (Å²) in [6.45, 7) is 0. The second-order valence-electron chi connectivity index (χ2n) is 2.65. The number of hydrogen-bond acceptors (Lipinski definition) is 2. The molecule has 1 heterocycles. The average molecular weight is 134 g/mol. The zero-order valence-electron chi connectivity index (χ0n) is 5.75. The summed E-state index contributed by atoms with van der Waals surface area (Å²) in [4.78, 5) is 3.93. The summed E-state index contributed by atoms with van der Waals surface area (Å²) in [5.74, 6) is 0. The van der Waals surface area contributed by atoms with Gasteiger partial charge in [-0.15, -0.1) is 0 Å². The van der Waals surface area contributed by atoms with Crippen LogP contribution in [0.15, 0.2) is 24.5 Å². The third-order valence-electron chi connectivity index (χ3n) is 1.63. The summed E-state index contributed by atoms with van der Waals surface area (Å²) in [6, 6.07) is 4.73. The van der Waals surface area contributed by atoms with Gasteiger partial charge in [-0.25, -0.2) is 0 Å². The van der Waals surface area contributed by atoms with Crippen LogP contribution in [-0.4, -0.2) is 11.0 Å². The zero-order chi connectivity index (χ0) is 6.81. The Labute approximate surface area is 60.3 Å². The van der Waals surface area contributed by atoms with Crippen LogP contribution in [0, 0.1) is 0 Å². The molecular formula is C8H10N2. The van der Waals surface area contributed by atoms with Crippen LogP contribution in [0.4, 0.5) is 5.69 Å². The summed E-state index contributed by atoms with van der Waals surface area (Å²) in [6.07, 6.45) is 6.26. The molecule has 52 valence electrons. The average Bonchev–Trinajstić information content (AvgIpc) is 2.74. The van der Waals surface area contributed by atoms with E-state index in [1.54, 1.807) is 0 Å². The van der Waals surface area contributed by atoms with E-state index in [0.29, 0.717) is 0 Å². The van der Waals surface area contributed by atoms with E-state index in [4.69, 9.17) is 0 Å². The van der Waals surface area contributed by atoms with Crippen molar-refractivity contribution in [1.29, 1.82) is 0 Å². The van der Waals surface area contributed by atoms with Crippen LogP contribution < -0.4 is 5.32 Å². The molecule has 0 saturated heterocycles. The Bertz CT molecular complexity index is 204. The van der Waals surface area contributed by atoms with Gasteiger partial charge >= 0.3 is 0 Å². The van der Waals surface area contributed by atoms with Gasteiger partial charge in [0.25, 0.3) is 0 Å². The van der Waals surface area contributed by atoms with E-state index in [1.165, 1.54) is 18.5 Å². The lowest BCUT2D eigenvalue weighted by molar-refractivity contribution is 1.15. The first-order valence-electron chi connectivity index (χ1n) is 3.62. The first-order valence-corrected chi connectivity index (χ1v) is 3.62. The van der Waals surface area contributed by atoms with Crippen molar-refractivity contribution in [2.75, 3.05) is 5.32 Å². The first kappa shape index (κ1) is 5.71. The number of nitrogens with one attached hydrogen (secondary N) is 1. The minimum atomic E-state index is 0.738. The Balaban J connectivity index is 2.03. The summed E-state index contributed by atoms with van der Waals surface area (Å²) < 4.78 is 0. The van der Waals surface area contributed by atoms with Crippen molar-refractivity contribution in [1.82, 2.24) is 4.98 Å². The van der Waals surface area contributed by atoms with Crippen molar-refractivity contribution in [2.45, 2.75) is 18.9 Å². The molecule has 0 atom stereocenters. The number of pyridine rings is 1. The Morgan fingerprint density at radius 3 is 2.60 bits per heavy atom. The highest BCUT2D eigenvalue weighted by molar-refractivity contribution is 5.42. The van der Waals surface area contributed by atoms with E-state index in [2.05, 4.69) is 10.3 Å². The molecule has 2 rings (SSSR count). The summed E-state index contributed by atoms with van der Waals surface area (Å²) >= 11 is 0. The predicted octanol–water partition coefficient (Wildman–Crippen LogP) is 1.66. The molecule has 10 heavy (non-hydrogen) atoms. The van der Waals surface area contributed by atoms with Gasteiger partial charge in [0.15, 0.2) is 0 Å². The van der Waals surface area contributed by atoms with Crippen molar-refractivity contribution in [3.63, 3.8) is 0 Å². The van der Waals surface area contributed by atoms with E-state index in [-0.39, 0.29) is 0 Å². The third-order valence-corrected chi connectivity index (χ3v) is 1.63. The van der Waals surface area contributed by atoms with Gasteiger partial charge in [-0.3, -0.25) is 4.98 Å². The second kappa shape index (κ2) is 2.29. The van der Waals surface area contributed by atoms with E-state index >= 15 is 0 Å². The van der Waals surface area contributed by atoms with Crippen LogP contribution in [-0.2, 0) is 0 Å². The number of anilines is 1. The van der Waals surface area contributed by atoms with Crippen molar-refractivity contribution in [3.8, 4) is 0 Å². The Hall–Kier alpha value is -1.05. The molecule has 0 radical (unpaired) electrons. The molecule has 0 aromatic carbocycles. The largest absolute Gasteiger partial charge is 0.382 e. The molecule has 0 amide bonds. The van der Waals surface area contributed by atoms with E-state index in [9.17, 15) is 0 Å². The molecule has 1 aromatic rings. The number of hydrogen-bond donors (Lipinski definition) is 1. The molecule has 0 aliphatic heterocycles. The van der Waals surface area contributed by atoms with Crippen molar-refractivity contribution in [2.24, 2.45) is 0 Å². The van der Waals surface area contributed by atoms with Crippen molar-refractivity contribution < 1.29 is 0 Å². The lowest BCUT2D eigenvalue weighted by Gasteiger charge is -2.00. The molecule has 1 aliphatic rings. The monoisotopic (exact) mass is 134 g/mol. The zero-order valence-corrected chi connectivity index (χ0v) is 5.75. The van der Waals surface area contributed by atoms with Gasteiger partial charge in [-0.05, 0) is 25.0 Å². The van der Waals surface area contributed by atoms with Crippen molar-refractivity contribution in [3.05, 3.63) is 24.5 Å². The molecule has 0 bridgehead atoms. The van der Waals surface area contributed by atoms with Gasteiger partial charge < -0.3 is 5.32 Å². The summed E-state index contributed by atoms with van der Waals surface area (Å²) in [5.41, 5.74) is 1.19. The van der Waals surface area contributed by atoms with E-state index in [0.717, 1.165) is 6.04 Å². The normalized spacial score (nSPS) is 16.8. The molecule has 2 nitrogen and oxygen atoms in total. The molecule has 0 spiro atoms. The highest BCUT2D eigenvalue weighted by atomic mass is 15.0. The molecule has 2 heteroatoms. The molecule has 1 aromatic heterocycles. The Morgan fingerprint density at radius 1 is 1.30 bits per heavy atom. The summed E-state index contributed by atoms with van der Waals surface area (Å²) in [7, 11) is 0. The van der Waals surface area contributed by atoms with Gasteiger partial charge in [0.05, 0.1) is 0 Å². The quantitative estimate of drug-likeness (QED) is 0.665. The minimum Gasteiger partial charge on any atom is -0.382 e. The topological polar surface area (TPSA) is 24.9 Å². The molecule has 1 saturated carbocycles. The highest BCUT2D eigenvalue weighted by Crippen LogP contribution is 2.23. The SMILES string of the molecule is c1cc(NC2CC2)ccn1. The fourth-order valence-corrected chi connectivity index (χ4v) is 0.912. The van der Waals surface area contributed by atoms with E-state index in [1.807, 2.05) is 24.5 Å². The molecule has 1 N–H and O–H groups in total. The van der Waals surface area contributed by atoms with Crippen molar-refractivity contribution >= 4 is 5.69 Å². The lowest BCUT2D eigenvalue weighted by Crippen LogP contribution is -1.99. The third kappa shape index (κ3) is 1.26. The first-order chi connectivity index (χ1) is 4.95. The fourth-order valence-electron chi connectivity index (χ4n) is 0.912. The number of aromatic nitrogens is 1. The molecule has 0 unspecified atom stereocenters. The van der Waals surface area contributed by atoms with Gasteiger partial charge in [-0.1, -0.05) is 0 Å². The van der Waals surface area contributed by atoms with Crippen LogP contribution in [0.5, 0.6) is 0 Å². The van der Waals surface area contributed by atoms with Crippen LogP contribution in [0.25, 0.3) is 0 Å². The maximum Gasteiger partial charge on any atom is 0.0373 e. The predicted molar refractivity (Wildman–Crippen MR) is 40.9 cm³/mol. The molecule has 1 aliphatic carbocycles. The highest BCUT2D eigenvalue weighted by Gasteiger charge is 2.20. The summed E-state index contributed by atoms with van der Waals surface area (Å²) in [5, 5.41) is 3.38. The van der Waals surface area contributed by atoms with Gasteiger partial charge in [0, 0.05) is 24.1 Å². The molecule has 1 fully saturated rings. The standard InChI is InChI=1S/C8H10N2/c1-2-7(1)10-8-3-5-9-6-4-8/h3-7H,1-2H2,(H,9,10). The van der Waals surface area contributed by atoms with Crippen LogP contribution >= 0.6 is 0 Å². The smallest absolute Gasteiger partial charge is 0.0373 e. The number of rotatable bonds is 2. The van der Waals surface area contributed by atoms with Gasteiger partial charge in [-0.2, -0.15) is 0 Å². The van der Waals surface area contributed by atoms with Gasteiger partial charge in [0.2, 0.25) is 0 Å². The van der Waals surface area contributed by atoms with Crippen LogP contribution in [0.2, 0.25) is 0 Å². The maximum atomic E-state index is 3.93. The number of nitrogens with zero attached hydrogens (tertiary/aromatic N) is 1. The Morgan fingerprint density at radius 2 is 2.00 bits per heavy atom.